The molecule has 1 heterocycles. The number of amides is 1. The average Bonchev–Trinajstić information content (AvgIpc) is 2.45. The third-order valence-electron chi connectivity index (χ3n) is 3.31. The molecule has 1 aliphatic heterocycles. The SMILES string of the molecule is COC(=O)[C@H]1CCCN(C(=O)c2cccc(F)c2)C1. The van der Waals surface area contributed by atoms with Gasteiger partial charge in [-0.3, -0.25) is 9.59 Å². The molecule has 2 rings (SSSR count). The lowest BCUT2D eigenvalue weighted by Gasteiger charge is -2.31. The van der Waals surface area contributed by atoms with Crippen LogP contribution < -0.4 is 0 Å². The molecular formula is C14H16FNO3. The van der Waals surface area contributed by atoms with Crippen LogP contribution >= 0.6 is 0 Å². The van der Waals surface area contributed by atoms with Crippen molar-refractivity contribution in [2.75, 3.05) is 20.2 Å². The van der Waals surface area contributed by atoms with Gasteiger partial charge in [-0.05, 0) is 31.0 Å². The molecule has 0 radical (unpaired) electrons. The summed E-state index contributed by atoms with van der Waals surface area (Å²) in [7, 11) is 1.34. The van der Waals surface area contributed by atoms with Crippen LogP contribution in [0.3, 0.4) is 0 Å². The van der Waals surface area contributed by atoms with Gasteiger partial charge in [0.15, 0.2) is 0 Å². The van der Waals surface area contributed by atoms with Gasteiger partial charge in [-0.2, -0.15) is 0 Å². The summed E-state index contributed by atoms with van der Waals surface area (Å²) in [5.74, 6) is -1.26. The van der Waals surface area contributed by atoms with Crippen molar-refractivity contribution in [1.29, 1.82) is 0 Å². The number of hydrogen-bond acceptors (Lipinski definition) is 3. The first-order valence-corrected chi connectivity index (χ1v) is 6.24. The Labute approximate surface area is 111 Å². The molecule has 0 aromatic heterocycles. The lowest BCUT2D eigenvalue weighted by Crippen LogP contribution is -2.42. The molecular weight excluding hydrogens is 249 g/mol. The Kier molecular flexibility index (Phi) is 4.14. The second kappa shape index (κ2) is 5.82. The van der Waals surface area contributed by atoms with Crippen molar-refractivity contribution in [3.63, 3.8) is 0 Å². The molecule has 5 heteroatoms. The van der Waals surface area contributed by atoms with E-state index in [1.165, 1.54) is 25.3 Å². The molecule has 0 spiro atoms. The largest absolute Gasteiger partial charge is 0.469 e. The average molecular weight is 265 g/mol. The normalized spacial score (nSPS) is 19.1. The monoisotopic (exact) mass is 265 g/mol. The molecule has 1 saturated heterocycles. The van der Waals surface area contributed by atoms with Crippen LogP contribution in [0, 0.1) is 11.7 Å². The predicted molar refractivity (Wildman–Crippen MR) is 67.0 cm³/mol. The fraction of sp³-hybridized carbons (Fsp3) is 0.429. The Morgan fingerprint density at radius 3 is 2.89 bits per heavy atom. The third kappa shape index (κ3) is 3.10. The molecule has 4 nitrogen and oxygen atoms in total. The van der Waals surface area contributed by atoms with Crippen molar-refractivity contribution in [3.8, 4) is 0 Å². The van der Waals surface area contributed by atoms with E-state index in [-0.39, 0.29) is 17.8 Å². The molecule has 1 aliphatic rings. The summed E-state index contributed by atoms with van der Waals surface area (Å²) in [6.07, 6.45) is 1.47. The summed E-state index contributed by atoms with van der Waals surface area (Å²) in [4.78, 5) is 25.3. The van der Waals surface area contributed by atoms with Crippen LogP contribution in [-0.4, -0.2) is 37.0 Å². The van der Waals surface area contributed by atoms with Crippen molar-refractivity contribution in [3.05, 3.63) is 35.6 Å². The first kappa shape index (κ1) is 13.5. The van der Waals surface area contributed by atoms with Crippen molar-refractivity contribution in [1.82, 2.24) is 4.90 Å². The Bertz CT molecular complexity index is 489. The molecule has 1 fully saturated rings. The zero-order chi connectivity index (χ0) is 13.8. The van der Waals surface area contributed by atoms with Gasteiger partial charge in [0.2, 0.25) is 0 Å². The van der Waals surface area contributed by atoms with Gasteiger partial charge in [-0.1, -0.05) is 6.07 Å². The maximum atomic E-state index is 13.1. The molecule has 0 bridgehead atoms. The van der Waals surface area contributed by atoms with E-state index in [0.29, 0.717) is 18.7 Å². The molecule has 1 atom stereocenters. The number of carbonyl (C=O) groups excluding carboxylic acids is 2. The third-order valence-corrected chi connectivity index (χ3v) is 3.31. The summed E-state index contributed by atoms with van der Waals surface area (Å²) >= 11 is 0. The zero-order valence-corrected chi connectivity index (χ0v) is 10.8. The number of halogens is 1. The number of carbonyl (C=O) groups is 2. The van der Waals surface area contributed by atoms with Crippen LogP contribution in [0.4, 0.5) is 4.39 Å². The fourth-order valence-electron chi connectivity index (χ4n) is 2.32. The number of rotatable bonds is 2. The van der Waals surface area contributed by atoms with Gasteiger partial charge in [0.25, 0.3) is 5.91 Å². The van der Waals surface area contributed by atoms with Crippen LogP contribution in [0.5, 0.6) is 0 Å². The van der Waals surface area contributed by atoms with Crippen LogP contribution in [0.1, 0.15) is 23.2 Å². The Balaban J connectivity index is 2.09. The van der Waals surface area contributed by atoms with Crippen molar-refractivity contribution < 1.29 is 18.7 Å². The lowest BCUT2D eigenvalue weighted by molar-refractivity contribution is -0.146. The maximum Gasteiger partial charge on any atom is 0.310 e. The molecule has 0 aliphatic carbocycles. The molecule has 19 heavy (non-hydrogen) atoms. The number of likely N-dealkylation sites (tertiary alicyclic amines) is 1. The molecule has 102 valence electrons. The first-order valence-electron chi connectivity index (χ1n) is 6.24. The van der Waals surface area contributed by atoms with Gasteiger partial charge >= 0.3 is 5.97 Å². The van der Waals surface area contributed by atoms with E-state index in [0.717, 1.165) is 12.8 Å². The number of benzene rings is 1. The molecule has 1 aromatic rings. The molecule has 1 amide bonds. The Morgan fingerprint density at radius 1 is 1.42 bits per heavy atom. The van der Waals surface area contributed by atoms with E-state index in [9.17, 15) is 14.0 Å². The van der Waals surface area contributed by atoms with Crippen LogP contribution in [0.2, 0.25) is 0 Å². The number of piperidine rings is 1. The predicted octanol–water partition coefficient (Wildman–Crippen LogP) is 1.85. The van der Waals surface area contributed by atoms with E-state index in [1.807, 2.05) is 0 Å². The van der Waals surface area contributed by atoms with E-state index in [4.69, 9.17) is 4.74 Å². The summed E-state index contributed by atoms with van der Waals surface area (Å²) in [5, 5.41) is 0. The summed E-state index contributed by atoms with van der Waals surface area (Å²) in [6, 6.07) is 5.59. The fourth-order valence-corrected chi connectivity index (χ4v) is 2.32. The second-order valence-corrected chi connectivity index (χ2v) is 4.62. The molecule has 0 unspecified atom stereocenters. The minimum absolute atomic E-state index is 0.242. The first-order chi connectivity index (χ1) is 9.11. The number of hydrogen-bond donors (Lipinski definition) is 0. The maximum absolute atomic E-state index is 13.1. The summed E-state index contributed by atoms with van der Waals surface area (Å²) in [6.45, 7) is 0.921. The second-order valence-electron chi connectivity index (χ2n) is 4.62. The quantitative estimate of drug-likeness (QED) is 0.767. The number of esters is 1. The van der Waals surface area contributed by atoms with Gasteiger partial charge in [0.1, 0.15) is 5.82 Å². The van der Waals surface area contributed by atoms with Gasteiger partial charge in [-0.15, -0.1) is 0 Å². The van der Waals surface area contributed by atoms with Crippen LogP contribution in [0.25, 0.3) is 0 Å². The van der Waals surface area contributed by atoms with Gasteiger partial charge in [0, 0.05) is 18.7 Å². The highest BCUT2D eigenvalue weighted by Gasteiger charge is 2.29. The minimum atomic E-state index is -0.438. The van der Waals surface area contributed by atoms with Gasteiger partial charge in [0.05, 0.1) is 13.0 Å². The number of methoxy groups -OCH3 is 1. The van der Waals surface area contributed by atoms with Crippen molar-refractivity contribution in [2.45, 2.75) is 12.8 Å². The molecule has 1 aromatic carbocycles. The van der Waals surface area contributed by atoms with Crippen molar-refractivity contribution >= 4 is 11.9 Å². The van der Waals surface area contributed by atoms with Crippen LogP contribution in [0.15, 0.2) is 24.3 Å². The minimum Gasteiger partial charge on any atom is -0.469 e. The smallest absolute Gasteiger partial charge is 0.310 e. The topological polar surface area (TPSA) is 46.6 Å². The lowest BCUT2D eigenvalue weighted by atomic mass is 9.97. The zero-order valence-electron chi connectivity index (χ0n) is 10.8. The van der Waals surface area contributed by atoms with Crippen LogP contribution in [-0.2, 0) is 9.53 Å². The summed E-state index contributed by atoms with van der Waals surface area (Å²) in [5.41, 5.74) is 0.311. The molecule has 0 saturated carbocycles. The van der Waals surface area contributed by atoms with E-state index >= 15 is 0 Å². The van der Waals surface area contributed by atoms with E-state index < -0.39 is 5.82 Å². The van der Waals surface area contributed by atoms with Gasteiger partial charge in [-0.25, -0.2) is 4.39 Å². The Morgan fingerprint density at radius 2 is 2.21 bits per heavy atom. The van der Waals surface area contributed by atoms with Crippen molar-refractivity contribution in [2.24, 2.45) is 5.92 Å². The standard InChI is InChI=1S/C14H16FNO3/c1-19-14(18)11-5-3-7-16(9-11)13(17)10-4-2-6-12(15)8-10/h2,4,6,8,11H,3,5,7,9H2,1H3/t11-/m0/s1. The van der Waals surface area contributed by atoms with Gasteiger partial charge < -0.3 is 9.64 Å². The highest BCUT2D eigenvalue weighted by molar-refractivity contribution is 5.94. The van der Waals surface area contributed by atoms with E-state index in [2.05, 4.69) is 0 Å². The highest BCUT2D eigenvalue weighted by Crippen LogP contribution is 2.20. The highest BCUT2D eigenvalue weighted by atomic mass is 19.1. The number of nitrogens with zero attached hydrogens (tertiary/aromatic N) is 1. The Hall–Kier alpha value is -1.91. The summed E-state index contributed by atoms with van der Waals surface area (Å²) < 4.78 is 17.8. The molecule has 0 N–H and O–H groups in total. The number of ether oxygens (including phenoxy) is 1. The van der Waals surface area contributed by atoms with E-state index in [1.54, 1.807) is 11.0 Å².